The number of carboxylic acid groups (broad SMARTS) is 1. The van der Waals surface area contributed by atoms with Gasteiger partial charge in [0.1, 0.15) is 0 Å². The number of benzene rings is 1. The Balaban J connectivity index is 0.00000128. The third kappa shape index (κ3) is 3.73. The zero-order valence-corrected chi connectivity index (χ0v) is 10.4. The molecule has 0 atom stereocenters. The number of halogens is 2. The fraction of sp³-hybridized carbons (Fsp3) is 0. The van der Waals surface area contributed by atoms with E-state index in [-0.39, 0.29) is 24.8 Å². The Morgan fingerprint density at radius 1 is 0.882 bits per heavy atom. The van der Waals surface area contributed by atoms with Gasteiger partial charge in [-0.3, -0.25) is 4.98 Å². The molecule has 0 saturated heterocycles. The first-order valence-electron chi connectivity index (χ1n) is 4.51. The van der Waals surface area contributed by atoms with Crippen molar-refractivity contribution in [3.63, 3.8) is 0 Å². The number of aromatic carboxylic acids is 1. The first kappa shape index (κ1) is 15.4. The van der Waals surface area contributed by atoms with Crippen molar-refractivity contribution in [1.82, 2.24) is 4.98 Å². The van der Waals surface area contributed by atoms with Gasteiger partial charge in [-0.15, -0.1) is 24.8 Å². The van der Waals surface area contributed by atoms with Crippen LogP contribution in [0.1, 0.15) is 10.4 Å². The molecule has 0 bridgehead atoms. The number of hydrogen-bond acceptors (Lipinski definition) is 2. The molecule has 1 heterocycles. The maximum Gasteiger partial charge on any atom is 0.335 e. The summed E-state index contributed by atoms with van der Waals surface area (Å²) in [4.78, 5) is 14.6. The summed E-state index contributed by atoms with van der Waals surface area (Å²) < 4.78 is 0. The van der Waals surface area contributed by atoms with Crippen LogP contribution in [0.25, 0.3) is 11.1 Å². The quantitative estimate of drug-likeness (QED) is 0.912. The minimum Gasteiger partial charge on any atom is -0.478 e. The van der Waals surface area contributed by atoms with E-state index < -0.39 is 5.97 Å². The Bertz CT molecular complexity index is 472. The lowest BCUT2D eigenvalue weighted by Crippen LogP contribution is -1.94. The van der Waals surface area contributed by atoms with E-state index in [1.807, 2.05) is 12.1 Å². The lowest BCUT2D eigenvalue weighted by molar-refractivity contribution is 0.0697. The molecular formula is C12H11Cl2NO2. The number of nitrogens with zero attached hydrogens (tertiary/aromatic N) is 1. The van der Waals surface area contributed by atoms with E-state index in [1.54, 1.807) is 36.7 Å². The summed E-state index contributed by atoms with van der Waals surface area (Å²) in [6, 6.07) is 10.5. The maximum absolute atomic E-state index is 10.6. The van der Waals surface area contributed by atoms with Gasteiger partial charge in [-0.05, 0) is 35.4 Å². The Labute approximate surface area is 111 Å². The zero-order valence-electron chi connectivity index (χ0n) is 8.74. The van der Waals surface area contributed by atoms with Gasteiger partial charge in [0, 0.05) is 12.4 Å². The van der Waals surface area contributed by atoms with Gasteiger partial charge in [-0.2, -0.15) is 0 Å². The third-order valence-electron chi connectivity index (χ3n) is 2.15. The topological polar surface area (TPSA) is 50.2 Å². The second kappa shape index (κ2) is 6.89. The molecule has 0 fully saturated rings. The molecule has 0 aliphatic heterocycles. The molecule has 0 aliphatic rings. The molecule has 0 aliphatic carbocycles. The number of pyridine rings is 1. The number of carboxylic acids is 1. The average molecular weight is 272 g/mol. The summed E-state index contributed by atoms with van der Waals surface area (Å²) in [6.07, 6.45) is 3.42. The van der Waals surface area contributed by atoms with Gasteiger partial charge in [0.05, 0.1) is 5.56 Å². The lowest BCUT2D eigenvalue weighted by atomic mass is 10.1. The minimum atomic E-state index is -0.906. The molecule has 0 radical (unpaired) electrons. The van der Waals surface area contributed by atoms with Crippen LogP contribution in [0.2, 0.25) is 0 Å². The average Bonchev–Trinajstić information content (AvgIpc) is 2.30. The predicted octanol–water partition coefficient (Wildman–Crippen LogP) is 3.29. The van der Waals surface area contributed by atoms with Crippen LogP contribution < -0.4 is 0 Å². The van der Waals surface area contributed by atoms with Crippen LogP contribution in [-0.2, 0) is 0 Å². The van der Waals surface area contributed by atoms with Crippen molar-refractivity contribution >= 4 is 30.8 Å². The highest BCUT2D eigenvalue weighted by Crippen LogP contribution is 2.18. The first-order chi connectivity index (χ1) is 7.27. The minimum absolute atomic E-state index is 0. The smallest absolute Gasteiger partial charge is 0.335 e. The van der Waals surface area contributed by atoms with Crippen molar-refractivity contribution in [2.24, 2.45) is 0 Å². The van der Waals surface area contributed by atoms with E-state index >= 15 is 0 Å². The number of aromatic nitrogens is 1. The Hall–Kier alpha value is -1.58. The second-order valence-corrected chi connectivity index (χ2v) is 3.12. The first-order valence-corrected chi connectivity index (χ1v) is 4.51. The largest absolute Gasteiger partial charge is 0.478 e. The Morgan fingerprint density at radius 2 is 1.35 bits per heavy atom. The van der Waals surface area contributed by atoms with Gasteiger partial charge in [-0.1, -0.05) is 12.1 Å². The van der Waals surface area contributed by atoms with Crippen LogP contribution in [0.15, 0.2) is 48.8 Å². The van der Waals surface area contributed by atoms with Crippen LogP contribution in [0.5, 0.6) is 0 Å². The standard InChI is InChI=1S/C12H9NO2.2ClH/c14-12(15)11-3-1-9(2-4-11)10-5-7-13-8-6-10;;/h1-8H,(H,14,15);2*1H. The van der Waals surface area contributed by atoms with Crippen LogP contribution in [0, 0.1) is 0 Å². The molecular weight excluding hydrogens is 261 g/mol. The zero-order chi connectivity index (χ0) is 10.7. The molecule has 0 unspecified atom stereocenters. The number of hydrogen-bond donors (Lipinski definition) is 1. The van der Waals surface area contributed by atoms with E-state index in [9.17, 15) is 4.79 Å². The molecule has 1 N–H and O–H groups in total. The molecule has 0 saturated carbocycles. The van der Waals surface area contributed by atoms with E-state index in [1.165, 1.54) is 0 Å². The lowest BCUT2D eigenvalue weighted by Gasteiger charge is -2.00. The molecule has 5 heteroatoms. The van der Waals surface area contributed by atoms with Crippen molar-refractivity contribution in [2.45, 2.75) is 0 Å². The van der Waals surface area contributed by atoms with E-state index in [0.29, 0.717) is 5.56 Å². The van der Waals surface area contributed by atoms with Gasteiger partial charge in [-0.25, -0.2) is 4.79 Å². The van der Waals surface area contributed by atoms with Crippen molar-refractivity contribution in [2.75, 3.05) is 0 Å². The van der Waals surface area contributed by atoms with Gasteiger partial charge >= 0.3 is 5.97 Å². The number of carbonyl (C=O) groups is 1. The second-order valence-electron chi connectivity index (χ2n) is 3.12. The maximum atomic E-state index is 10.6. The van der Waals surface area contributed by atoms with Gasteiger partial charge in [0.2, 0.25) is 0 Å². The molecule has 3 nitrogen and oxygen atoms in total. The van der Waals surface area contributed by atoms with Crippen molar-refractivity contribution in [1.29, 1.82) is 0 Å². The molecule has 17 heavy (non-hydrogen) atoms. The molecule has 2 rings (SSSR count). The molecule has 0 amide bonds. The summed E-state index contributed by atoms with van der Waals surface area (Å²) in [5, 5.41) is 8.74. The summed E-state index contributed by atoms with van der Waals surface area (Å²) in [7, 11) is 0. The highest BCUT2D eigenvalue weighted by molar-refractivity contribution is 5.88. The third-order valence-corrected chi connectivity index (χ3v) is 2.15. The Morgan fingerprint density at radius 3 is 1.82 bits per heavy atom. The number of rotatable bonds is 2. The predicted molar refractivity (Wildman–Crippen MR) is 71.1 cm³/mol. The monoisotopic (exact) mass is 271 g/mol. The van der Waals surface area contributed by atoms with Crippen LogP contribution in [-0.4, -0.2) is 16.1 Å². The van der Waals surface area contributed by atoms with E-state index in [2.05, 4.69) is 4.98 Å². The normalized spacial score (nSPS) is 8.71. The van der Waals surface area contributed by atoms with Gasteiger partial charge < -0.3 is 5.11 Å². The molecule has 1 aromatic carbocycles. The molecule has 1 aromatic heterocycles. The van der Waals surface area contributed by atoms with Gasteiger partial charge in [0.15, 0.2) is 0 Å². The van der Waals surface area contributed by atoms with Crippen molar-refractivity contribution < 1.29 is 9.90 Å². The SMILES string of the molecule is Cl.Cl.O=C(O)c1ccc(-c2ccncc2)cc1. The summed E-state index contributed by atoms with van der Waals surface area (Å²) in [6.45, 7) is 0. The highest BCUT2D eigenvalue weighted by atomic mass is 35.5. The fourth-order valence-electron chi connectivity index (χ4n) is 1.35. The molecule has 2 aromatic rings. The van der Waals surface area contributed by atoms with E-state index in [4.69, 9.17) is 5.11 Å². The van der Waals surface area contributed by atoms with E-state index in [0.717, 1.165) is 11.1 Å². The fourth-order valence-corrected chi connectivity index (χ4v) is 1.35. The summed E-state index contributed by atoms with van der Waals surface area (Å²) in [5.41, 5.74) is 2.32. The molecule has 0 spiro atoms. The highest BCUT2D eigenvalue weighted by Gasteiger charge is 2.02. The Kier molecular flexibility index (Phi) is 6.25. The molecule has 90 valence electrons. The van der Waals surface area contributed by atoms with Crippen molar-refractivity contribution in [3.05, 3.63) is 54.4 Å². The summed E-state index contributed by atoms with van der Waals surface area (Å²) in [5.74, 6) is -0.906. The van der Waals surface area contributed by atoms with Crippen molar-refractivity contribution in [3.8, 4) is 11.1 Å². The van der Waals surface area contributed by atoms with Crippen LogP contribution >= 0.6 is 24.8 Å². The van der Waals surface area contributed by atoms with Crippen LogP contribution in [0.3, 0.4) is 0 Å². The summed E-state index contributed by atoms with van der Waals surface area (Å²) >= 11 is 0. The van der Waals surface area contributed by atoms with Crippen LogP contribution in [0.4, 0.5) is 0 Å². The van der Waals surface area contributed by atoms with Gasteiger partial charge in [0.25, 0.3) is 0 Å².